The quantitative estimate of drug-likeness (QED) is 0.854. The first kappa shape index (κ1) is 13.6. The molecule has 1 saturated carbocycles. The van der Waals surface area contributed by atoms with Crippen LogP contribution in [0.25, 0.3) is 0 Å². The van der Waals surface area contributed by atoms with Crippen LogP contribution in [0.15, 0.2) is 11.0 Å². The Hall–Kier alpha value is -0.830. The third-order valence-corrected chi connectivity index (χ3v) is 4.43. The molecule has 1 aromatic rings. The molecule has 1 aliphatic carbocycles. The molecule has 0 amide bonds. The summed E-state index contributed by atoms with van der Waals surface area (Å²) in [7, 11) is 0. The number of nitrogens with one attached hydrogen (secondary N) is 1. The van der Waals surface area contributed by atoms with Crippen molar-refractivity contribution in [2.24, 2.45) is 11.8 Å². The Morgan fingerprint density at radius 1 is 1.39 bits per heavy atom. The first-order chi connectivity index (χ1) is 8.61. The average molecular weight is 269 g/mol. The lowest BCUT2D eigenvalue weighted by molar-refractivity contribution is 0.254. The topological polar surface area (TPSA) is 45.8 Å². The fourth-order valence-electron chi connectivity index (χ4n) is 2.80. The largest absolute Gasteiger partial charge is 0.310 e. The van der Waals surface area contributed by atoms with E-state index in [1.807, 2.05) is 0 Å². The minimum absolute atomic E-state index is 0.0824. The first-order valence-electron chi connectivity index (χ1n) is 6.76. The van der Waals surface area contributed by atoms with Crippen LogP contribution in [0, 0.1) is 11.8 Å². The maximum atomic E-state index is 11.7. The maximum absolute atomic E-state index is 11.7. The second kappa shape index (κ2) is 5.87. The van der Waals surface area contributed by atoms with E-state index in [2.05, 4.69) is 23.8 Å². The summed E-state index contributed by atoms with van der Waals surface area (Å²) in [6, 6.07) is 0. The molecule has 1 N–H and O–H groups in total. The van der Waals surface area contributed by atoms with E-state index in [9.17, 15) is 4.79 Å². The van der Waals surface area contributed by atoms with Crippen LogP contribution in [0.5, 0.6) is 0 Å². The van der Waals surface area contributed by atoms with Crippen molar-refractivity contribution in [3.8, 4) is 0 Å². The lowest BCUT2D eigenvalue weighted by atomic mass is 9.77. The maximum Gasteiger partial charge on any atom is 0.255 e. The Bertz CT molecular complexity index is 447. The smallest absolute Gasteiger partial charge is 0.255 e. The third kappa shape index (κ3) is 2.94. The Kier molecular flexibility index (Phi) is 4.44. The van der Waals surface area contributed by atoms with Gasteiger partial charge in [-0.05, 0) is 37.5 Å². The van der Waals surface area contributed by atoms with Gasteiger partial charge in [0.25, 0.3) is 5.56 Å². The van der Waals surface area contributed by atoms with Crippen LogP contribution in [0.2, 0.25) is 0 Å². The average Bonchev–Trinajstić information content (AvgIpc) is 2.38. The number of halogens is 1. The molecule has 1 aliphatic rings. The zero-order chi connectivity index (χ0) is 13.1. The van der Waals surface area contributed by atoms with Crippen LogP contribution in [-0.2, 0) is 5.88 Å². The lowest BCUT2D eigenvalue weighted by Gasteiger charge is -2.30. The summed E-state index contributed by atoms with van der Waals surface area (Å²) in [5, 5.41) is 0. The van der Waals surface area contributed by atoms with Gasteiger partial charge in [-0.3, -0.25) is 4.79 Å². The highest BCUT2D eigenvalue weighted by Gasteiger charge is 2.25. The number of H-pyrrole nitrogens is 1. The van der Waals surface area contributed by atoms with Gasteiger partial charge in [0.2, 0.25) is 0 Å². The van der Waals surface area contributed by atoms with Crippen molar-refractivity contribution in [3.63, 3.8) is 0 Å². The first-order valence-corrected chi connectivity index (χ1v) is 7.29. The number of nitrogens with zero attached hydrogens (tertiary/aromatic N) is 1. The molecule has 0 saturated heterocycles. The molecule has 100 valence electrons. The summed E-state index contributed by atoms with van der Waals surface area (Å²) in [6.07, 6.45) is 6.36. The van der Waals surface area contributed by atoms with E-state index in [4.69, 9.17) is 11.6 Å². The molecule has 1 heterocycles. The standard InChI is InChI=1S/C14H21ClN2O/c1-9(2)10-3-5-11(6-4-10)13-16-8-12(7-15)14(18)17-13/h8-11H,3-7H2,1-2H3,(H,16,17,18). The summed E-state index contributed by atoms with van der Waals surface area (Å²) in [5.74, 6) is 3.07. The van der Waals surface area contributed by atoms with Gasteiger partial charge in [0.15, 0.2) is 0 Å². The van der Waals surface area contributed by atoms with E-state index in [1.54, 1.807) is 6.20 Å². The van der Waals surface area contributed by atoms with Crippen LogP contribution in [0.3, 0.4) is 0 Å². The van der Waals surface area contributed by atoms with Crippen molar-refractivity contribution in [2.75, 3.05) is 0 Å². The summed E-state index contributed by atoms with van der Waals surface area (Å²) < 4.78 is 0. The molecule has 2 rings (SSSR count). The number of aromatic amines is 1. The molecule has 18 heavy (non-hydrogen) atoms. The SMILES string of the molecule is CC(C)C1CCC(c2ncc(CCl)c(=O)[nH]2)CC1. The highest BCUT2D eigenvalue weighted by molar-refractivity contribution is 6.17. The van der Waals surface area contributed by atoms with Gasteiger partial charge in [-0.2, -0.15) is 0 Å². The van der Waals surface area contributed by atoms with Crippen LogP contribution >= 0.6 is 11.6 Å². The second-order valence-electron chi connectivity index (χ2n) is 5.61. The van der Waals surface area contributed by atoms with Crippen molar-refractivity contribution >= 4 is 11.6 Å². The summed E-state index contributed by atoms with van der Waals surface area (Å²) in [5.41, 5.74) is 0.470. The number of aromatic nitrogens is 2. The Morgan fingerprint density at radius 3 is 2.56 bits per heavy atom. The fraction of sp³-hybridized carbons (Fsp3) is 0.714. The molecule has 0 aromatic carbocycles. The zero-order valence-electron chi connectivity index (χ0n) is 11.1. The molecular weight excluding hydrogens is 248 g/mol. The molecule has 0 unspecified atom stereocenters. The highest BCUT2D eigenvalue weighted by Crippen LogP contribution is 2.37. The van der Waals surface area contributed by atoms with Gasteiger partial charge in [0.05, 0.1) is 11.4 Å². The molecule has 0 bridgehead atoms. The van der Waals surface area contributed by atoms with Gasteiger partial charge in [-0.25, -0.2) is 4.98 Å². The molecule has 0 spiro atoms. The van der Waals surface area contributed by atoms with Gasteiger partial charge in [0.1, 0.15) is 5.82 Å². The van der Waals surface area contributed by atoms with Gasteiger partial charge in [-0.1, -0.05) is 13.8 Å². The normalized spacial score (nSPS) is 24.4. The minimum Gasteiger partial charge on any atom is -0.310 e. The van der Waals surface area contributed by atoms with Gasteiger partial charge < -0.3 is 4.98 Å². The third-order valence-electron chi connectivity index (χ3n) is 4.14. The summed E-state index contributed by atoms with van der Waals surface area (Å²) in [4.78, 5) is 19.0. The summed E-state index contributed by atoms with van der Waals surface area (Å²) in [6.45, 7) is 4.58. The number of rotatable bonds is 3. The van der Waals surface area contributed by atoms with Crippen LogP contribution in [0.4, 0.5) is 0 Å². The Morgan fingerprint density at radius 2 is 2.06 bits per heavy atom. The van der Waals surface area contributed by atoms with Crippen LogP contribution < -0.4 is 5.56 Å². The Balaban J connectivity index is 2.06. The summed E-state index contributed by atoms with van der Waals surface area (Å²) >= 11 is 5.66. The van der Waals surface area contributed by atoms with E-state index in [1.165, 1.54) is 12.8 Å². The van der Waals surface area contributed by atoms with E-state index in [0.29, 0.717) is 11.5 Å². The fourth-order valence-corrected chi connectivity index (χ4v) is 2.99. The van der Waals surface area contributed by atoms with Crippen molar-refractivity contribution in [2.45, 2.75) is 51.3 Å². The molecule has 1 aromatic heterocycles. The predicted molar refractivity (Wildman–Crippen MR) is 74.0 cm³/mol. The molecule has 1 fully saturated rings. The molecule has 0 atom stereocenters. The van der Waals surface area contributed by atoms with E-state index in [0.717, 1.165) is 30.5 Å². The van der Waals surface area contributed by atoms with Crippen molar-refractivity contribution in [1.29, 1.82) is 0 Å². The number of hydrogen-bond donors (Lipinski definition) is 1. The molecule has 0 radical (unpaired) electrons. The molecule has 4 heteroatoms. The molecular formula is C14H21ClN2O. The van der Waals surface area contributed by atoms with E-state index in [-0.39, 0.29) is 11.4 Å². The van der Waals surface area contributed by atoms with Gasteiger partial charge >= 0.3 is 0 Å². The monoisotopic (exact) mass is 268 g/mol. The molecule has 0 aliphatic heterocycles. The predicted octanol–water partition coefficient (Wildman–Crippen LogP) is 3.44. The zero-order valence-corrected chi connectivity index (χ0v) is 11.8. The minimum atomic E-state index is -0.0824. The van der Waals surface area contributed by atoms with Crippen molar-refractivity contribution < 1.29 is 0 Å². The van der Waals surface area contributed by atoms with Crippen LogP contribution in [0.1, 0.15) is 56.8 Å². The Labute approximate surface area is 113 Å². The van der Waals surface area contributed by atoms with Crippen molar-refractivity contribution in [3.05, 3.63) is 27.9 Å². The van der Waals surface area contributed by atoms with Crippen LogP contribution in [-0.4, -0.2) is 9.97 Å². The van der Waals surface area contributed by atoms with Gasteiger partial charge in [-0.15, -0.1) is 11.6 Å². The number of hydrogen-bond acceptors (Lipinski definition) is 2. The van der Waals surface area contributed by atoms with E-state index < -0.39 is 0 Å². The van der Waals surface area contributed by atoms with Gasteiger partial charge in [0, 0.05) is 12.1 Å². The van der Waals surface area contributed by atoms with E-state index >= 15 is 0 Å². The molecule has 3 nitrogen and oxygen atoms in total. The van der Waals surface area contributed by atoms with Crippen molar-refractivity contribution in [1.82, 2.24) is 9.97 Å². The lowest BCUT2D eigenvalue weighted by Crippen LogP contribution is -2.22. The highest BCUT2D eigenvalue weighted by atomic mass is 35.5. The second-order valence-corrected chi connectivity index (χ2v) is 5.88. The number of alkyl halides is 1.